The van der Waals surface area contributed by atoms with Crippen molar-refractivity contribution in [2.75, 3.05) is 35.8 Å². The highest BCUT2D eigenvalue weighted by molar-refractivity contribution is 7.92. The molecule has 1 aliphatic rings. The lowest BCUT2D eigenvalue weighted by atomic mass is 9.86. The number of carbonyl (C=O) groups is 1. The molecular weight excluding hydrogens is 458 g/mol. The molecule has 1 heterocycles. The Morgan fingerprint density at radius 3 is 1.91 bits per heavy atom. The first-order chi connectivity index (χ1) is 16.5. The SMILES string of the molecule is Cc1ccc(S(=O)(=O)Nc2ccc(N3CCN(C(=O)c4ccc(C(C)(C)C)cc4)CC3)cc2)cc1. The monoisotopic (exact) mass is 491 g/mol. The largest absolute Gasteiger partial charge is 0.368 e. The van der Waals surface area contributed by atoms with E-state index in [0.29, 0.717) is 18.8 Å². The summed E-state index contributed by atoms with van der Waals surface area (Å²) in [5, 5.41) is 0. The molecule has 0 radical (unpaired) electrons. The summed E-state index contributed by atoms with van der Waals surface area (Å²) in [6, 6.07) is 22.1. The summed E-state index contributed by atoms with van der Waals surface area (Å²) in [7, 11) is -3.63. The number of aryl methyl sites for hydroxylation is 1. The van der Waals surface area contributed by atoms with Gasteiger partial charge in [-0.2, -0.15) is 0 Å². The molecule has 4 rings (SSSR count). The van der Waals surface area contributed by atoms with E-state index in [1.807, 2.05) is 48.2 Å². The van der Waals surface area contributed by atoms with Gasteiger partial charge in [-0.1, -0.05) is 50.6 Å². The van der Waals surface area contributed by atoms with Crippen LogP contribution in [0.25, 0.3) is 0 Å². The van der Waals surface area contributed by atoms with Crippen LogP contribution in [0, 0.1) is 6.92 Å². The fraction of sp³-hybridized carbons (Fsp3) is 0.321. The van der Waals surface area contributed by atoms with Crippen molar-refractivity contribution >= 4 is 27.3 Å². The van der Waals surface area contributed by atoms with Crippen LogP contribution in [0.3, 0.4) is 0 Å². The number of amides is 1. The number of nitrogens with one attached hydrogen (secondary N) is 1. The summed E-state index contributed by atoms with van der Waals surface area (Å²) in [5.41, 5.74) is 4.52. The van der Waals surface area contributed by atoms with Crippen LogP contribution in [0.5, 0.6) is 0 Å². The highest BCUT2D eigenvalue weighted by Crippen LogP contribution is 2.24. The van der Waals surface area contributed by atoms with E-state index in [1.165, 1.54) is 5.56 Å². The predicted octanol–water partition coefficient (Wildman–Crippen LogP) is 5.06. The van der Waals surface area contributed by atoms with Crippen LogP contribution in [-0.2, 0) is 15.4 Å². The van der Waals surface area contributed by atoms with Crippen LogP contribution in [-0.4, -0.2) is 45.4 Å². The second kappa shape index (κ2) is 9.74. The third kappa shape index (κ3) is 5.85. The van der Waals surface area contributed by atoms with E-state index < -0.39 is 10.0 Å². The number of nitrogens with zero attached hydrogens (tertiary/aromatic N) is 2. The van der Waals surface area contributed by atoms with Crippen molar-refractivity contribution in [2.24, 2.45) is 0 Å². The zero-order chi connectivity index (χ0) is 25.2. The summed E-state index contributed by atoms with van der Waals surface area (Å²) in [6.07, 6.45) is 0. The highest BCUT2D eigenvalue weighted by atomic mass is 32.2. The molecule has 1 N–H and O–H groups in total. The number of hydrogen-bond donors (Lipinski definition) is 1. The van der Waals surface area contributed by atoms with Crippen molar-refractivity contribution in [2.45, 2.75) is 38.0 Å². The summed E-state index contributed by atoms with van der Waals surface area (Å²) in [4.78, 5) is 17.3. The predicted molar refractivity (Wildman–Crippen MR) is 142 cm³/mol. The average molecular weight is 492 g/mol. The van der Waals surface area contributed by atoms with Gasteiger partial charge in [0.05, 0.1) is 4.90 Å². The van der Waals surface area contributed by atoms with Crippen LogP contribution >= 0.6 is 0 Å². The van der Waals surface area contributed by atoms with Gasteiger partial charge in [0.15, 0.2) is 0 Å². The van der Waals surface area contributed by atoms with E-state index in [-0.39, 0.29) is 16.2 Å². The zero-order valence-electron chi connectivity index (χ0n) is 20.8. The molecule has 6 nitrogen and oxygen atoms in total. The lowest BCUT2D eigenvalue weighted by Crippen LogP contribution is -2.48. The molecule has 1 fully saturated rings. The first-order valence-electron chi connectivity index (χ1n) is 11.9. The van der Waals surface area contributed by atoms with Gasteiger partial charge in [-0.3, -0.25) is 9.52 Å². The minimum absolute atomic E-state index is 0.0587. The van der Waals surface area contributed by atoms with Gasteiger partial charge in [0, 0.05) is 43.1 Å². The fourth-order valence-electron chi connectivity index (χ4n) is 4.13. The second-order valence-electron chi connectivity index (χ2n) is 10.1. The van der Waals surface area contributed by atoms with Crippen molar-refractivity contribution in [3.63, 3.8) is 0 Å². The highest BCUT2D eigenvalue weighted by Gasteiger charge is 2.23. The molecule has 0 bridgehead atoms. The topological polar surface area (TPSA) is 69.7 Å². The van der Waals surface area contributed by atoms with Gasteiger partial charge in [0.1, 0.15) is 0 Å². The number of carbonyl (C=O) groups excluding carboxylic acids is 1. The lowest BCUT2D eigenvalue weighted by Gasteiger charge is -2.36. The number of hydrogen-bond acceptors (Lipinski definition) is 4. The Morgan fingerprint density at radius 1 is 0.800 bits per heavy atom. The van der Waals surface area contributed by atoms with Gasteiger partial charge in [-0.15, -0.1) is 0 Å². The molecule has 0 aromatic heterocycles. The summed E-state index contributed by atoms with van der Waals surface area (Å²) in [6.45, 7) is 11.1. The van der Waals surface area contributed by atoms with Crippen LogP contribution in [0.15, 0.2) is 77.7 Å². The van der Waals surface area contributed by atoms with Gasteiger partial charge >= 0.3 is 0 Å². The third-order valence-corrected chi connectivity index (χ3v) is 7.78. The normalized spacial score (nSPS) is 14.6. The summed E-state index contributed by atoms with van der Waals surface area (Å²) < 4.78 is 27.9. The van der Waals surface area contributed by atoms with Crippen LogP contribution < -0.4 is 9.62 Å². The minimum atomic E-state index is -3.63. The van der Waals surface area contributed by atoms with E-state index in [0.717, 1.165) is 29.9 Å². The number of anilines is 2. The van der Waals surface area contributed by atoms with Crippen LogP contribution in [0.1, 0.15) is 42.3 Å². The Kier molecular flexibility index (Phi) is 6.90. The van der Waals surface area contributed by atoms with E-state index in [4.69, 9.17) is 0 Å². The van der Waals surface area contributed by atoms with Crippen molar-refractivity contribution in [1.29, 1.82) is 0 Å². The van der Waals surface area contributed by atoms with E-state index in [2.05, 4.69) is 30.4 Å². The smallest absolute Gasteiger partial charge is 0.261 e. The molecular formula is C28H33N3O3S. The molecule has 0 aliphatic carbocycles. The van der Waals surface area contributed by atoms with Crippen molar-refractivity contribution < 1.29 is 13.2 Å². The first kappa shape index (κ1) is 24.8. The van der Waals surface area contributed by atoms with Crippen molar-refractivity contribution in [1.82, 2.24) is 4.90 Å². The van der Waals surface area contributed by atoms with Gasteiger partial charge < -0.3 is 9.80 Å². The molecule has 184 valence electrons. The second-order valence-corrected chi connectivity index (χ2v) is 11.8. The van der Waals surface area contributed by atoms with Crippen molar-refractivity contribution in [3.05, 3.63) is 89.5 Å². The quantitative estimate of drug-likeness (QED) is 0.542. The molecule has 3 aromatic carbocycles. The van der Waals surface area contributed by atoms with Gasteiger partial charge in [0.2, 0.25) is 0 Å². The number of benzene rings is 3. The maximum Gasteiger partial charge on any atom is 0.261 e. The number of piperazine rings is 1. The lowest BCUT2D eigenvalue weighted by molar-refractivity contribution is 0.0746. The molecule has 1 aliphatic heterocycles. The van der Waals surface area contributed by atoms with Crippen LogP contribution in [0.4, 0.5) is 11.4 Å². The molecule has 0 atom stereocenters. The molecule has 0 saturated carbocycles. The van der Waals surface area contributed by atoms with Gasteiger partial charge in [0.25, 0.3) is 15.9 Å². The van der Waals surface area contributed by atoms with Crippen LogP contribution in [0.2, 0.25) is 0 Å². The number of sulfonamides is 1. The van der Waals surface area contributed by atoms with Gasteiger partial charge in [-0.05, 0) is 66.4 Å². The maximum atomic E-state index is 13.0. The Morgan fingerprint density at radius 2 is 1.37 bits per heavy atom. The summed E-state index contributed by atoms with van der Waals surface area (Å²) >= 11 is 0. The van der Waals surface area contributed by atoms with E-state index >= 15 is 0 Å². The Labute approximate surface area is 208 Å². The fourth-order valence-corrected chi connectivity index (χ4v) is 5.19. The van der Waals surface area contributed by atoms with E-state index in [9.17, 15) is 13.2 Å². The Bertz CT molecular complexity index is 1270. The zero-order valence-corrected chi connectivity index (χ0v) is 21.6. The maximum absolute atomic E-state index is 13.0. The Hall–Kier alpha value is -3.32. The molecule has 0 unspecified atom stereocenters. The molecule has 7 heteroatoms. The third-order valence-electron chi connectivity index (χ3n) is 6.38. The standard InChI is InChI=1S/C28H33N3O3S/c1-21-5-15-26(16-6-21)35(33,34)29-24-11-13-25(14-12-24)30-17-19-31(20-18-30)27(32)22-7-9-23(10-8-22)28(2,3)4/h5-16,29H,17-20H2,1-4H3. The number of rotatable bonds is 5. The van der Waals surface area contributed by atoms with Gasteiger partial charge in [-0.25, -0.2) is 8.42 Å². The first-order valence-corrected chi connectivity index (χ1v) is 13.4. The minimum Gasteiger partial charge on any atom is -0.368 e. The molecule has 0 spiro atoms. The molecule has 3 aromatic rings. The molecule has 1 amide bonds. The molecule has 1 saturated heterocycles. The average Bonchev–Trinajstić information content (AvgIpc) is 2.84. The Balaban J connectivity index is 1.35. The molecule has 35 heavy (non-hydrogen) atoms. The van der Waals surface area contributed by atoms with E-state index in [1.54, 1.807) is 36.4 Å². The van der Waals surface area contributed by atoms with Crippen molar-refractivity contribution in [3.8, 4) is 0 Å². The summed E-state index contributed by atoms with van der Waals surface area (Å²) in [5.74, 6) is 0.0611.